The fourth-order valence-electron chi connectivity index (χ4n) is 2.16. The Kier molecular flexibility index (Phi) is 3.57. The van der Waals surface area contributed by atoms with Gasteiger partial charge in [0, 0.05) is 23.0 Å². The number of benzene rings is 1. The highest BCUT2D eigenvalue weighted by molar-refractivity contribution is 6.39. The second kappa shape index (κ2) is 5.39. The number of halogens is 2. The van der Waals surface area contributed by atoms with Crippen molar-refractivity contribution in [1.29, 1.82) is 0 Å². The minimum Gasteiger partial charge on any atom is -0.380 e. The molecule has 0 unspecified atom stereocenters. The fourth-order valence-corrected chi connectivity index (χ4v) is 2.75. The summed E-state index contributed by atoms with van der Waals surface area (Å²) in [7, 11) is 0. The summed E-state index contributed by atoms with van der Waals surface area (Å²) in [6.07, 6.45) is 1.70. The van der Waals surface area contributed by atoms with E-state index in [-0.39, 0.29) is 5.82 Å². The minimum absolute atomic E-state index is 0.245. The highest BCUT2D eigenvalue weighted by Gasteiger charge is 2.22. The Labute approximate surface area is 131 Å². The van der Waals surface area contributed by atoms with Crippen molar-refractivity contribution in [3.05, 3.63) is 52.3 Å². The van der Waals surface area contributed by atoms with Crippen LogP contribution in [0.1, 0.15) is 5.69 Å². The summed E-state index contributed by atoms with van der Waals surface area (Å²) in [5.41, 5.74) is 8.83. The van der Waals surface area contributed by atoms with Crippen LogP contribution in [0.25, 0.3) is 22.5 Å². The van der Waals surface area contributed by atoms with E-state index in [9.17, 15) is 0 Å². The quantitative estimate of drug-likeness (QED) is 0.749. The SMILES string of the molecule is Cc1cc(-c2onc(N)c2-c2c(Cl)cccc2Cl)ccn1. The van der Waals surface area contributed by atoms with Crippen molar-refractivity contribution in [1.82, 2.24) is 10.1 Å². The third kappa shape index (κ3) is 2.48. The van der Waals surface area contributed by atoms with Gasteiger partial charge in [-0.1, -0.05) is 34.4 Å². The zero-order valence-corrected chi connectivity index (χ0v) is 12.6. The number of hydrogen-bond acceptors (Lipinski definition) is 4. The van der Waals surface area contributed by atoms with Crippen LogP contribution < -0.4 is 5.73 Å². The van der Waals surface area contributed by atoms with E-state index in [1.54, 1.807) is 24.4 Å². The predicted octanol–water partition coefficient (Wildman–Crippen LogP) is 4.60. The van der Waals surface area contributed by atoms with E-state index in [1.807, 2.05) is 19.1 Å². The molecular weight excluding hydrogens is 309 g/mol. The van der Waals surface area contributed by atoms with E-state index in [0.29, 0.717) is 26.9 Å². The topological polar surface area (TPSA) is 64.9 Å². The number of pyridine rings is 1. The first-order valence-corrected chi connectivity index (χ1v) is 6.96. The van der Waals surface area contributed by atoms with Crippen LogP contribution in [0.15, 0.2) is 41.1 Å². The van der Waals surface area contributed by atoms with Gasteiger partial charge in [0.05, 0.1) is 15.6 Å². The van der Waals surface area contributed by atoms with Crippen LogP contribution in [0.2, 0.25) is 10.0 Å². The summed E-state index contributed by atoms with van der Waals surface area (Å²) in [5, 5.41) is 4.83. The maximum atomic E-state index is 6.26. The van der Waals surface area contributed by atoms with Crippen LogP contribution in [-0.2, 0) is 0 Å². The number of aromatic nitrogens is 2. The number of nitrogen functional groups attached to an aromatic ring is 1. The third-order valence-corrected chi connectivity index (χ3v) is 3.72. The zero-order valence-electron chi connectivity index (χ0n) is 11.1. The fraction of sp³-hybridized carbons (Fsp3) is 0.0667. The van der Waals surface area contributed by atoms with Crippen LogP contribution in [0, 0.1) is 6.92 Å². The van der Waals surface area contributed by atoms with E-state index < -0.39 is 0 Å². The van der Waals surface area contributed by atoms with Crippen LogP contribution in [-0.4, -0.2) is 10.1 Å². The van der Waals surface area contributed by atoms with E-state index in [1.165, 1.54) is 0 Å². The molecule has 0 saturated carbocycles. The van der Waals surface area contributed by atoms with Crippen LogP contribution in [0.5, 0.6) is 0 Å². The smallest absolute Gasteiger partial charge is 0.177 e. The molecule has 3 rings (SSSR count). The first-order valence-electron chi connectivity index (χ1n) is 6.20. The van der Waals surface area contributed by atoms with Crippen LogP contribution >= 0.6 is 23.2 Å². The molecule has 2 N–H and O–H groups in total. The number of hydrogen-bond donors (Lipinski definition) is 1. The molecule has 0 atom stereocenters. The molecule has 6 heteroatoms. The highest BCUT2D eigenvalue weighted by atomic mass is 35.5. The lowest BCUT2D eigenvalue weighted by molar-refractivity contribution is 0.436. The molecular formula is C15H11Cl2N3O. The first kappa shape index (κ1) is 13.9. The Morgan fingerprint density at radius 1 is 1.10 bits per heavy atom. The van der Waals surface area contributed by atoms with E-state index >= 15 is 0 Å². The molecule has 21 heavy (non-hydrogen) atoms. The van der Waals surface area contributed by atoms with Gasteiger partial charge in [0.15, 0.2) is 11.6 Å². The Bertz CT molecular complexity index is 794. The van der Waals surface area contributed by atoms with Gasteiger partial charge in [-0.2, -0.15) is 0 Å². The van der Waals surface area contributed by atoms with E-state index in [0.717, 1.165) is 11.3 Å². The van der Waals surface area contributed by atoms with Crippen molar-refractivity contribution in [3.63, 3.8) is 0 Å². The summed E-state index contributed by atoms with van der Waals surface area (Å²) in [5.74, 6) is 0.766. The van der Waals surface area contributed by atoms with Gasteiger partial charge in [0.25, 0.3) is 0 Å². The molecule has 0 fully saturated rings. The molecule has 4 nitrogen and oxygen atoms in total. The van der Waals surface area contributed by atoms with Crippen molar-refractivity contribution in [2.45, 2.75) is 6.92 Å². The molecule has 0 bridgehead atoms. The molecule has 0 saturated heterocycles. The van der Waals surface area contributed by atoms with Crippen molar-refractivity contribution in [2.24, 2.45) is 0 Å². The molecule has 3 aromatic rings. The van der Waals surface area contributed by atoms with Crippen LogP contribution in [0.3, 0.4) is 0 Å². The molecule has 0 aliphatic rings. The molecule has 0 radical (unpaired) electrons. The van der Waals surface area contributed by atoms with Crippen molar-refractivity contribution in [3.8, 4) is 22.5 Å². The third-order valence-electron chi connectivity index (χ3n) is 3.09. The average Bonchev–Trinajstić information content (AvgIpc) is 2.81. The van der Waals surface area contributed by atoms with Gasteiger partial charge in [-0.25, -0.2) is 0 Å². The van der Waals surface area contributed by atoms with Gasteiger partial charge < -0.3 is 10.3 Å². The van der Waals surface area contributed by atoms with Gasteiger partial charge in [-0.3, -0.25) is 4.98 Å². The predicted molar refractivity (Wildman–Crippen MR) is 84.3 cm³/mol. The lowest BCUT2D eigenvalue weighted by atomic mass is 10.0. The second-order valence-electron chi connectivity index (χ2n) is 4.55. The minimum atomic E-state index is 0.245. The maximum absolute atomic E-state index is 6.26. The van der Waals surface area contributed by atoms with Gasteiger partial charge in [-0.15, -0.1) is 0 Å². The monoisotopic (exact) mass is 319 g/mol. The summed E-state index contributed by atoms with van der Waals surface area (Å²) >= 11 is 12.5. The van der Waals surface area contributed by atoms with Gasteiger partial charge in [0.2, 0.25) is 0 Å². The van der Waals surface area contributed by atoms with E-state index in [4.69, 9.17) is 33.5 Å². The summed E-state index contributed by atoms with van der Waals surface area (Å²) < 4.78 is 5.38. The lowest BCUT2D eigenvalue weighted by Crippen LogP contribution is -1.91. The Balaban J connectivity index is 2.28. The molecule has 2 heterocycles. The largest absolute Gasteiger partial charge is 0.380 e. The first-order chi connectivity index (χ1) is 10.1. The molecule has 0 amide bonds. The van der Waals surface area contributed by atoms with Gasteiger partial charge in [-0.05, 0) is 31.2 Å². The van der Waals surface area contributed by atoms with Gasteiger partial charge >= 0.3 is 0 Å². The maximum Gasteiger partial charge on any atom is 0.177 e. The Morgan fingerprint density at radius 2 is 1.81 bits per heavy atom. The lowest BCUT2D eigenvalue weighted by Gasteiger charge is -2.07. The van der Waals surface area contributed by atoms with Gasteiger partial charge in [0.1, 0.15) is 0 Å². The molecule has 1 aromatic carbocycles. The Morgan fingerprint density at radius 3 is 2.48 bits per heavy atom. The number of nitrogens with zero attached hydrogens (tertiary/aromatic N) is 2. The van der Waals surface area contributed by atoms with E-state index in [2.05, 4.69) is 10.1 Å². The number of rotatable bonds is 2. The highest BCUT2D eigenvalue weighted by Crippen LogP contribution is 2.43. The van der Waals surface area contributed by atoms with Crippen molar-refractivity contribution < 1.29 is 4.52 Å². The van der Waals surface area contributed by atoms with Crippen LogP contribution in [0.4, 0.5) is 5.82 Å². The molecule has 0 aliphatic carbocycles. The molecule has 0 spiro atoms. The summed E-state index contributed by atoms with van der Waals surface area (Å²) in [6, 6.07) is 8.97. The molecule has 0 aliphatic heterocycles. The molecule has 106 valence electrons. The second-order valence-corrected chi connectivity index (χ2v) is 5.37. The molecule has 2 aromatic heterocycles. The Hall–Kier alpha value is -2.04. The van der Waals surface area contributed by atoms with Crippen molar-refractivity contribution >= 4 is 29.0 Å². The number of aryl methyl sites for hydroxylation is 1. The standard InChI is InChI=1S/C15H11Cl2N3O/c1-8-7-9(5-6-19-8)14-13(15(18)20-21-14)12-10(16)3-2-4-11(12)17/h2-7H,1H3,(H2,18,20). The summed E-state index contributed by atoms with van der Waals surface area (Å²) in [6.45, 7) is 1.89. The van der Waals surface area contributed by atoms with Crippen molar-refractivity contribution in [2.75, 3.05) is 5.73 Å². The number of nitrogens with two attached hydrogens (primary N) is 1. The zero-order chi connectivity index (χ0) is 15.0. The number of anilines is 1. The normalized spacial score (nSPS) is 10.8. The average molecular weight is 320 g/mol. The summed E-state index contributed by atoms with van der Waals surface area (Å²) in [4.78, 5) is 4.16.